The first-order chi connectivity index (χ1) is 12.5. The van der Waals surface area contributed by atoms with Crippen molar-refractivity contribution in [3.8, 4) is 0 Å². The number of nitrogens with one attached hydrogen (secondary N) is 2. The van der Waals surface area contributed by atoms with Crippen molar-refractivity contribution in [3.63, 3.8) is 0 Å². The van der Waals surface area contributed by atoms with Gasteiger partial charge in [0.1, 0.15) is 0 Å². The first kappa shape index (κ1) is 19.2. The van der Waals surface area contributed by atoms with E-state index in [1.165, 1.54) is 45.6 Å². The molecule has 1 spiro atoms. The van der Waals surface area contributed by atoms with Crippen LogP contribution in [0.5, 0.6) is 0 Å². The molecule has 1 aliphatic carbocycles. The molecular formula is C19H30N4O2S. The van der Waals surface area contributed by atoms with Crippen molar-refractivity contribution in [3.05, 3.63) is 29.8 Å². The van der Waals surface area contributed by atoms with Crippen LogP contribution < -0.4 is 10.0 Å². The van der Waals surface area contributed by atoms with E-state index in [9.17, 15) is 8.42 Å². The van der Waals surface area contributed by atoms with Gasteiger partial charge in [0.15, 0.2) is 5.96 Å². The number of aliphatic imine (C=N–C) groups is 1. The summed E-state index contributed by atoms with van der Waals surface area (Å²) in [6.07, 6.45) is 8.01. The van der Waals surface area contributed by atoms with Gasteiger partial charge in [-0.1, -0.05) is 31.4 Å². The molecule has 0 amide bonds. The van der Waals surface area contributed by atoms with Gasteiger partial charge < -0.3 is 10.2 Å². The molecule has 0 atom stereocenters. The van der Waals surface area contributed by atoms with Gasteiger partial charge in [0.25, 0.3) is 0 Å². The lowest BCUT2D eigenvalue weighted by Crippen LogP contribution is -2.41. The van der Waals surface area contributed by atoms with Crippen LogP contribution in [0.1, 0.15) is 44.1 Å². The average Bonchev–Trinajstić information content (AvgIpc) is 3.06. The van der Waals surface area contributed by atoms with Gasteiger partial charge in [-0.05, 0) is 49.4 Å². The van der Waals surface area contributed by atoms with E-state index in [0.29, 0.717) is 12.0 Å². The zero-order valence-electron chi connectivity index (χ0n) is 15.8. The summed E-state index contributed by atoms with van der Waals surface area (Å²) in [6, 6.07) is 7.02. The second-order valence-corrected chi connectivity index (χ2v) is 9.37. The Kier molecular flexibility index (Phi) is 5.87. The van der Waals surface area contributed by atoms with Crippen LogP contribution in [0.25, 0.3) is 0 Å². The molecule has 1 saturated carbocycles. The maximum atomic E-state index is 12.0. The average molecular weight is 379 g/mol. The standard InChI is InChI=1S/C19H30N4O2S/c1-20-18(23-12-11-19(15-23)9-4-3-5-10-19)22-14-16-7-6-8-17(13-16)26(24,25)21-2/h6-8,13,21H,3-5,9-12,14-15H2,1-2H3,(H,20,22). The highest BCUT2D eigenvalue weighted by Crippen LogP contribution is 2.43. The van der Waals surface area contributed by atoms with Crippen LogP contribution in [0, 0.1) is 5.41 Å². The molecule has 0 radical (unpaired) electrons. The fourth-order valence-electron chi connectivity index (χ4n) is 4.28. The number of rotatable bonds is 4. The summed E-state index contributed by atoms with van der Waals surface area (Å²) in [6.45, 7) is 2.69. The molecule has 1 aliphatic heterocycles. The molecule has 1 saturated heterocycles. The molecule has 3 rings (SSSR count). The lowest BCUT2D eigenvalue weighted by atomic mass is 9.73. The normalized spacial score (nSPS) is 20.5. The van der Waals surface area contributed by atoms with Crippen LogP contribution in [-0.2, 0) is 16.6 Å². The van der Waals surface area contributed by atoms with Crippen LogP contribution in [0.2, 0.25) is 0 Å². The van der Waals surface area contributed by atoms with E-state index in [2.05, 4.69) is 19.9 Å². The lowest BCUT2D eigenvalue weighted by molar-refractivity contribution is 0.203. The van der Waals surface area contributed by atoms with Gasteiger partial charge in [0.05, 0.1) is 4.90 Å². The first-order valence-electron chi connectivity index (χ1n) is 9.46. The van der Waals surface area contributed by atoms with E-state index in [0.717, 1.165) is 24.6 Å². The van der Waals surface area contributed by atoms with Crippen molar-refractivity contribution >= 4 is 16.0 Å². The molecule has 7 heteroatoms. The smallest absolute Gasteiger partial charge is 0.240 e. The molecule has 1 aromatic carbocycles. The molecule has 0 bridgehead atoms. The Morgan fingerprint density at radius 2 is 2.00 bits per heavy atom. The third kappa shape index (κ3) is 4.20. The third-order valence-electron chi connectivity index (χ3n) is 5.79. The van der Waals surface area contributed by atoms with Crippen molar-refractivity contribution < 1.29 is 8.42 Å². The van der Waals surface area contributed by atoms with E-state index < -0.39 is 10.0 Å². The molecule has 0 unspecified atom stereocenters. The van der Waals surface area contributed by atoms with Gasteiger partial charge >= 0.3 is 0 Å². The van der Waals surface area contributed by atoms with Crippen LogP contribution >= 0.6 is 0 Å². The Hall–Kier alpha value is -1.60. The highest BCUT2D eigenvalue weighted by Gasteiger charge is 2.39. The topological polar surface area (TPSA) is 73.8 Å². The number of nitrogens with zero attached hydrogens (tertiary/aromatic N) is 2. The second kappa shape index (κ2) is 7.96. The van der Waals surface area contributed by atoms with Crippen LogP contribution in [0.15, 0.2) is 34.2 Å². The summed E-state index contributed by atoms with van der Waals surface area (Å²) in [7, 11) is -0.175. The molecular weight excluding hydrogens is 348 g/mol. The predicted octanol–water partition coefficient (Wildman–Crippen LogP) is 2.33. The van der Waals surface area contributed by atoms with Gasteiger partial charge in [-0.15, -0.1) is 0 Å². The largest absolute Gasteiger partial charge is 0.352 e. The molecule has 26 heavy (non-hydrogen) atoms. The second-order valence-electron chi connectivity index (χ2n) is 7.49. The minimum Gasteiger partial charge on any atom is -0.352 e. The van der Waals surface area contributed by atoms with Gasteiger partial charge in [-0.25, -0.2) is 13.1 Å². The molecule has 1 heterocycles. The van der Waals surface area contributed by atoms with E-state index in [1.807, 2.05) is 13.1 Å². The maximum absolute atomic E-state index is 12.0. The Balaban J connectivity index is 1.63. The minimum atomic E-state index is -3.42. The predicted molar refractivity (Wildman–Crippen MR) is 105 cm³/mol. The number of guanidine groups is 1. The summed E-state index contributed by atoms with van der Waals surface area (Å²) in [5.41, 5.74) is 1.41. The Labute approximate surface area is 157 Å². The van der Waals surface area contributed by atoms with E-state index in [1.54, 1.807) is 18.2 Å². The summed E-state index contributed by atoms with van der Waals surface area (Å²) in [5.74, 6) is 0.911. The van der Waals surface area contributed by atoms with Crippen molar-refractivity contribution in [2.45, 2.75) is 50.0 Å². The fourth-order valence-corrected chi connectivity index (χ4v) is 5.08. The minimum absolute atomic E-state index is 0.289. The van der Waals surface area contributed by atoms with Crippen molar-refractivity contribution in [1.29, 1.82) is 0 Å². The first-order valence-corrected chi connectivity index (χ1v) is 10.9. The van der Waals surface area contributed by atoms with Crippen LogP contribution in [-0.4, -0.2) is 46.5 Å². The summed E-state index contributed by atoms with van der Waals surface area (Å²) in [5, 5.41) is 3.41. The Morgan fingerprint density at radius 3 is 2.69 bits per heavy atom. The molecule has 6 nitrogen and oxygen atoms in total. The monoisotopic (exact) mass is 378 g/mol. The molecule has 2 N–H and O–H groups in total. The highest BCUT2D eigenvalue weighted by atomic mass is 32.2. The van der Waals surface area contributed by atoms with Gasteiger partial charge in [-0.2, -0.15) is 0 Å². The zero-order chi connectivity index (χ0) is 18.6. The quantitative estimate of drug-likeness (QED) is 0.623. The van der Waals surface area contributed by atoms with E-state index in [4.69, 9.17) is 0 Å². The maximum Gasteiger partial charge on any atom is 0.240 e. The van der Waals surface area contributed by atoms with Crippen LogP contribution in [0.4, 0.5) is 0 Å². The highest BCUT2D eigenvalue weighted by molar-refractivity contribution is 7.89. The summed E-state index contributed by atoms with van der Waals surface area (Å²) in [4.78, 5) is 7.10. The number of sulfonamides is 1. The Morgan fingerprint density at radius 1 is 1.23 bits per heavy atom. The number of benzene rings is 1. The van der Waals surface area contributed by atoms with Gasteiger partial charge in [0, 0.05) is 26.7 Å². The number of hydrogen-bond acceptors (Lipinski definition) is 3. The Bertz CT molecular complexity index is 755. The molecule has 1 aromatic rings. The molecule has 0 aromatic heterocycles. The summed E-state index contributed by atoms with van der Waals surface area (Å²) < 4.78 is 26.3. The van der Waals surface area contributed by atoms with Crippen LogP contribution in [0.3, 0.4) is 0 Å². The zero-order valence-corrected chi connectivity index (χ0v) is 16.6. The molecule has 144 valence electrons. The SMILES string of the molecule is CN=C(NCc1cccc(S(=O)(=O)NC)c1)N1CCC2(CCCCC2)C1. The van der Waals surface area contributed by atoms with Crippen molar-refractivity contribution in [2.24, 2.45) is 10.4 Å². The van der Waals surface area contributed by atoms with Gasteiger partial charge in [0.2, 0.25) is 10.0 Å². The van der Waals surface area contributed by atoms with Gasteiger partial charge in [-0.3, -0.25) is 4.99 Å². The molecule has 2 fully saturated rings. The molecule has 2 aliphatic rings. The van der Waals surface area contributed by atoms with Crippen molar-refractivity contribution in [1.82, 2.24) is 14.9 Å². The van der Waals surface area contributed by atoms with E-state index in [-0.39, 0.29) is 4.90 Å². The number of likely N-dealkylation sites (tertiary alicyclic amines) is 1. The number of hydrogen-bond donors (Lipinski definition) is 2. The van der Waals surface area contributed by atoms with E-state index >= 15 is 0 Å². The van der Waals surface area contributed by atoms with Crippen molar-refractivity contribution in [2.75, 3.05) is 27.2 Å². The lowest BCUT2D eigenvalue weighted by Gasteiger charge is -2.33. The third-order valence-corrected chi connectivity index (χ3v) is 7.20. The summed E-state index contributed by atoms with van der Waals surface area (Å²) >= 11 is 0. The fraction of sp³-hybridized carbons (Fsp3) is 0.632.